The molecule has 2 N–H and O–H groups in total. The van der Waals surface area contributed by atoms with E-state index >= 15 is 0 Å². The first-order valence-electron chi connectivity index (χ1n) is 8.57. The number of halogens is 1. The summed E-state index contributed by atoms with van der Waals surface area (Å²) in [7, 11) is 0. The van der Waals surface area contributed by atoms with Crippen molar-refractivity contribution in [3.05, 3.63) is 40.4 Å². The Labute approximate surface area is 159 Å². The van der Waals surface area contributed by atoms with Gasteiger partial charge in [0.15, 0.2) is 0 Å². The maximum Gasteiger partial charge on any atom is 0.234 e. The molecule has 1 atom stereocenters. The molecule has 1 aliphatic rings. The predicted octanol–water partition coefficient (Wildman–Crippen LogP) is 4.03. The van der Waals surface area contributed by atoms with E-state index in [1.165, 1.54) is 18.4 Å². The number of benzene rings is 1. The summed E-state index contributed by atoms with van der Waals surface area (Å²) in [6, 6.07) is 8.38. The number of thiazole rings is 1. The van der Waals surface area contributed by atoms with Crippen LogP contribution in [0.5, 0.6) is 0 Å². The minimum absolute atomic E-state index is 0. The molecule has 1 fully saturated rings. The molecule has 0 saturated heterocycles. The standard InChI is InChI=1S/C19H25N3OS.ClH/c1-12-4-8-16(9-5-12)19-22-14(3)18(24-19)13(2)21-17(23)11-20-10-15-6-7-15;/h4-5,8-9,13,15,20H,6-7,10-11H2,1-3H3,(H,21,23);1H. The Hall–Kier alpha value is -1.43. The Balaban J connectivity index is 0.00000225. The van der Waals surface area contributed by atoms with E-state index < -0.39 is 0 Å². The summed E-state index contributed by atoms with van der Waals surface area (Å²) < 4.78 is 0. The molecule has 2 aromatic rings. The second kappa shape index (κ2) is 8.79. The van der Waals surface area contributed by atoms with E-state index in [9.17, 15) is 4.79 Å². The number of carbonyl (C=O) groups is 1. The monoisotopic (exact) mass is 379 g/mol. The molecule has 0 aliphatic heterocycles. The quantitative estimate of drug-likeness (QED) is 0.763. The summed E-state index contributed by atoms with van der Waals surface area (Å²) in [5.41, 5.74) is 3.37. The van der Waals surface area contributed by atoms with Crippen LogP contribution in [0.1, 0.15) is 41.9 Å². The van der Waals surface area contributed by atoms with Crippen molar-refractivity contribution in [3.8, 4) is 10.6 Å². The number of carbonyl (C=O) groups excluding carboxylic acids is 1. The van der Waals surface area contributed by atoms with Gasteiger partial charge in [0.05, 0.1) is 23.2 Å². The average Bonchev–Trinajstić information content (AvgIpc) is 3.28. The van der Waals surface area contributed by atoms with Crippen LogP contribution in [0, 0.1) is 19.8 Å². The predicted molar refractivity (Wildman–Crippen MR) is 106 cm³/mol. The van der Waals surface area contributed by atoms with Crippen molar-refractivity contribution in [2.24, 2.45) is 5.92 Å². The zero-order valence-corrected chi connectivity index (χ0v) is 16.6. The maximum atomic E-state index is 12.1. The van der Waals surface area contributed by atoms with Crippen LogP contribution in [0.2, 0.25) is 0 Å². The lowest BCUT2D eigenvalue weighted by atomic mass is 10.2. The van der Waals surface area contributed by atoms with Gasteiger partial charge >= 0.3 is 0 Å². The topological polar surface area (TPSA) is 54.0 Å². The number of aromatic nitrogens is 1. The third-order valence-electron chi connectivity index (χ3n) is 4.32. The number of amides is 1. The molecule has 1 aromatic heterocycles. The summed E-state index contributed by atoms with van der Waals surface area (Å²) in [6.45, 7) is 7.47. The Kier molecular flexibility index (Phi) is 6.99. The molecular weight excluding hydrogens is 354 g/mol. The fraction of sp³-hybridized carbons (Fsp3) is 0.474. The van der Waals surface area contributed by atoms with Gasteiger partial charge in [0, 0.05) is 5.56 Å². The van der Waals surface area contributed by atoms with Gasteiger partial charge in [-0.05, 0) is 46.1 Å². The molecule has 25 heavy (non-hydrogen) atoms. The van der Waals surface area contributed by atoms with E-state index in [0.29, 0.717) is 6.54 Å². The van der Waals surface area contributed by atoms with Crippen LogP contribution in [-0.2, 0) is 4.79 Å². The van der Waals surface area contributed by atoms with Crippen molar-refractivity contribution in [2.45, 2.75) is 39.7 Å². The van der Waals surface area contributed by atoms with Gasteiger partial charge in [0.25, 0.3) is 0 Å². The summed E-state index contributed by atoms with van der Waals surface area (Å²) in [4.78, 5) is 17.9. The molecule has 4 nitrogen and oxygen atoms in total. The second-order valence-corrected chi connectivity index (χ2v) is 7.73. The highest BCUT2D eigenvalue weighted by Crippen LogP contribution is 2.32. The molecule has 0 bridgehead atoms. The van der Waals surface area contributed by atoms with Crippen molar-refractivity contribution >= 4 is 29.7 Å². The average molecular weight is 380 g/mol. The van der Waals surface area contributed by atoms with Crippen LogP contribution in [0.25, 0.3) is 10.6 Å². The number of nitrogens with zero attached hydrogens (tertiary/aromatic N) is 1. The van der Waals surface area contributed by atoms with Gasteiger partial charge in [-0.15, -0.1) is 23.7 Å². The number of aryl methyl sites for hydroxylation is 2. The summed E-state index contributed by atoms with van der Waals surface area (Å²) in [5, 5.41) is 7.31. The highest BCUT2D eigenvalue weighted by atomic mass is 35.5. The molecule has 1 amide bonds. The van der Waals surface area contributed by atoms with Gasteiger partial charge in [-0.25, -0.2) is 4.98 Å². The van der Waals surface area contributed by atoms with Gasteiger partial charge in [-0.3, -0.25) is 4.79 Å². The molecule has 6 heteroatoms. The van der Waals surface area contributed by atoms with Crippen LogP contribution in [0.3, 0.4) is 0 Å². The summed E-state index contributed by atoms with van der Waals surface area (Å²) in [5.74, 6) is 0.837. The molecule has 1 heterocycles. The summed E-state index contributed by atoms with van der Waals surface area (Å²) in [6.07, 6.45) is 2.60. The second-order valence-electron chi connectivity index (χ2n) is 6.70. The first-order valence-corrected chi connectivity index (χ1v) is 9.39. The molecule has 1 saturated carbocycles. The summed E-state index contributed by atoms with van der Waals surface area (Å²) >= 11 is 1.66. The van der Waals surface area contributed by atoms with Gasteiger partial charge < -0.3 is 10.6 Å². The van der Waals surface area contributed by atoms with Crippen molar-refractivity contribution < 1.29 is 4.79 Å². The lowest BCUT2D eigenvalue weighted by molar-refractivity contribution is -0.120. The SMILES string of the molecule is Cc1ccc(-c2nc(C)c(C(C)NC(=O)CNCC3CC3)s2)cc1.Cl. The molecule has 136 valence electrons. The Bertz CT molecular complexity index is 710. The first-order chi connectivity index (χ1) is 11.5. The lowest BCUT2D eigenvalue weighted by Crippen LogP contribution is -2.36. The fourth-order valence-electron chi connectivity index (χ4n) is 2.70. The maximum absolute atomic E-state index is 12.1. The van der Waals surface area contributed by atoms with Crippen molar-refractivity contribution in [2.75, 3.05) is 13.1 Å². The van der Waals surface area contributed by atoms with E-state index in [2.05, 4.69) is 46.8 Å². The van der Waals surface area contributed by atoms with Crippen LogP contribution in [0.15, 0.2) is 24.3 Å². The molecule has 3 rings (SSSR count). The Morgan fingerprint density at radius 2 is 1.96 bits per heavy atom. The van der Waals surface area contributed by atoms with E-state index in [1.54, 1.807) is 11.3 Å². The Morgan fingerprint density at radius 3 is 2.60 bits per heavy atom. The number of hydrogen-bond acceptors (Lipinski definition) is 4. The molecular formula is C19H26ClN3OS. The van der Waals surface area contributed by atoms with E-state index in [0.717, 1.165) is 33.6 Å². The van der Waals surface area contributed by atoms with E-state index in [-0.39, 0.29) is 24.4 Å². The van der Waals surface area contributed by atoms with E-state index in [1.807, 2.05) is 13.8 Å². The van der Waals surface area contributed by atoms with Crippen molar-refractivity contribution in [3.63, 3.8) is 0 Å². The zero-order chi connectivity index (χ0) is 17.1. The van der Waals surface area contributed by atoms with Crippen LogP contribution in [-0.4, -0.2) is 24.0 Å². The smallest absolute Gasteiger partial charge is 0.234 e. The van der Waals surface area contributed by atoms with Gasteiger partial charge in [0.2, 0.25) is 5.91 Å². The van der Waals surface area contributed by atoms with Gasteiger partial charge in [0.1, 0.15) is 5.01 Å². The highest BCUT2D eigenvalue weighted by Gasteiger charge is 2.21. The Morgan fingerprint density at radius 1 is 1.28 bits per heavy atom. The largest absolute Gasteiger partial charge is 0.348 e. The van der Waals surface area contributed by atoms with Crippen molar-refractivity contribution in [1.82, 2.24) is 15.6 Å². The minimum Gasteiger partial charge on any atom is -0.348 e. The first kappa shape index (κ1) is 19.9. The normalized spacial score (nSPS) is 14.7. The fourth-order valence-corrected chi connectivity index (χ4v) is 3.77. The minimum atomic E-state index is -0.0167. The number of hydrogen-bond donors (Lipinski definition) is 2. The van der Waals surface area contributed by atoms with Crippen molar-refractivity contribution in [1.29, 1.82) is 0 Å². The van der Waals surface area contributed by atoms with Gasteiger partial charge in [-0.1, -0.05) is 29.8 Å². The third kappa shape index (κ3) is 5.53. The molecule has 1 unspecified atom stereocenters. The highest BCUT2D eigenvalue weighted by molar-refractivity contribution is 7.15. The van der Waals surface area contributed by atoms with Gasteiger partial charge in [-0.2, -0.15) is 0 Å². The van der Waals surface area contributed by atoms with E-state index in [4.69, 9.17) is 0 Å². The van der Waals surface area contributed by atoms with Crippen LogP contribution >= 0.6 is 23.7 Å². The molecule has 0 spiro atoms. The molecule has 1 aliphatic carbocycles. The zero-order valence-electron chi connectivity index (χ0n) is 15.0. The van der Waals surface area contributed by atoms with Crippen LogP contribution in [0.4, 0.5) is 0 Å². The number of rotatable bonds is 7. The van der Waals surface area contributed by atoms with Crippen LogP contribution < -0.4 is 10.6 Å². The number of nitrogens with one attached hydrogen (secondary N) is 2. The lowest BCUT2D eigenvalue weighted by Gasteiger charge is -2.13. The molecule has 1 aromatic carbocycles. The third-order valence-corrected chi connectivity index (χ3v) is 5.71. The molecule has 0 radical (unpaired) electrons.